The number of allylic oxidation sites excluding steroid dienone is 2. The molecule has 0 heterocycles. The lowest BCUT2D eigenvalue weighted by Gasteiger charge is -2.31. The van der Waals surface area contributed by atoms with Crippen molar-refractivity contribution in [2.75, 3.05) is 0 Å². The van der Waals surface area contributed by atoms with Crippen molar-refractivity contribution in [3.8, 4) is 5.75 Å². The molecular formula is C19H25NO. The Morgan fingerprint density at radius 3 is 1.90 bits per heavy atom. The van der Waals surface area contributed by atoms with Gasteiger partial charge >= 0.3 is 0 Å². The highest BCUT2D eigenvalue weighted by Gasteiger charge is 2.28. The highest BCUT2D eigenvalue weighted by Crippen LogP contribution is 2.35. The van der Waals surface area contributed by atoms with Gasteiger partial charge in [-0.2, -0.15) is 0 Å². The van der Waals surface area contributed by atoms with Crippen molar-refractivity contribution < 1.29 is 5.11 Å². The van der Waals surface area contributed by atoms with E-state index in [2.05, 4.69) is 26.3 Å². The van der Waals surface area contributed by atoms with Crippen LogP contribution in [0.15, 0.2) is 62.8 Å². The second-order valence-electron chi connectivity index (χ2n) is 5.22. The van der Waals surface area contributed by atoms with E-state index in [1.807, 2.05) is 24.3 Å². The van der Waals surface area contributed by atoms with Gasteiger partial charge in [-0.05, 0) is 42.9 Å². The van der Waals surface area contributed by atoms with Gasteiger partial charge in [0.25, 0.3) is 0 Å². The minimum Gasteiger partial charge on any atom is -0.508 e. The summed E-state index contributed by atoms with van der Waals surface area (Å²) in [4.78, 5) is 0. The van der Waals surface area contributed by atoms with Crippen LogP contribution in [-0.2, 0) is 18.4 Å². The summed E-state index contributed by atoms with van der Waals surface area (Å²) in [5.74, 6) is 0.273. The first-order valence-corrected chi connectivity index (χ1v) is 7.10. The number of rotatable bonds is 9. The standard InChI is InChI=1S/C19H25NO/c1-5-9-15-16(10-6-2)18(21)12-11-17(15)19(20,13-7-3)14-8-4/h5-8,11-12,21H,1-4,9-10,13-14,20H2. The van der Waals surface area contributed by atoms with Crippen LogP contribution in [0.5, 0.6) is 5.75 Å². The Kier molecular flexibility index (Phi) is 6.19. The topological polar surface area (TPSA) is 46.2 Å². The third kappa shape index (κ3) is 3.73. The largest absolute Gasteiger partial charge is 0.508 e. The van der Waals surface area contributed by atoms with E-state index in [1.165, 1.54) is 0 Å². The Morgan fingerprint density at radius 2 is 1.43 bits per heavy atom. The minimum atomic E-state index is -0.564. The smallest absolute Gasteiger partial charge is 0.119 e. The summed E-state index contributed by atoms with van der Waals surface area (Å²) in [6, 6.07) is 3.60. The molecule has 0 fully saturated rings. The fraction of sp³-hybridized carbons (Fsp3) is 0.263. The van der Waals surface area contributed by atoms with Crippen LogP contribution in [0.25, 0.3) is 0 Å². The maximum atomic E-state index is 10.1. The SMILES string of the molecule is C=CCc1c(O)ccc(C(N)(CC=C)CC=C)c1CC=C. The third-order valence-electron chi connectivity index (χ3n) is 3.66. The fourth-order valence-corrected chi connectivity index (χ4v) is 2.72. The van der Waals surface area contributed by atoms with Crippen molar-refractivity contribution in [1.29, 1.82) is 0 Å². The first-order valence-electron chi connectivity index (χ1n) is 7.10. The molecule has 3 N–H and O–H groups in total. The first kappa shape index (κ1) is 17.0. The molecule has 0 radical (unpaired) electrons. The average Bonchev–Trinajstić information content (AvgIpc) is 2.43. The van der Waals surface area contributed by atoms with Crippen LogP contribution in [0.1, 0.15) is 29.5 Å². The molecule has 0 amide bonds. The summed E-state index contributed by atoms with van der Waals surface area (Å²) in [5.41, 5.74) is 8.94. The second-order valence-corrected chi connectivity index (χ2v) is 5.22. The van der Waals surface area contributed by atoms with E-state index in [4.69, 9.17) is 5.73 Å². The molecule has 112 valence electrons. The Labute approximate surface area is 128 Å². The van der Waals surface area contributed by atoms with E-state index in [-0.39, 0.29) is 5.75 Å². The highest BCUT2D eigenvalue weighted by atomic mass is 16.3. The highest BCUT2D eigenvalue weighted by molar-refractivity contribution is 5.49. The zero-order valence-electron chi connectivity index (χ0n) is 12.6. The Bertz CT molecular complexity index is 533. The zero-order chi connectivity index (χ0) is 15.9. The van der Waals surface area contributed by atoms with Crippen molar-refractivity contribution in [2.24, 2.45) is 5.73 Å². The molecule has 0 atom stereocenters. The minimum absolute atomic E-state index is 0.273. The molecule has 0 spiro atoms. The quantitative estimate of drug-likeness (QED) is 0.669. The molecule has 0 aliphatic carbocycles. The van der Waals surface area contributed by atoms with E-state index in [9.17, 15) is 5.11 Å². The number of benzene rings is 1. The van der Waals surface area contributed by atoms with E-state index in [1.54, 1.807) is 12.1 Å². The molecule has 21 heavy (non-hydrogen) atoms. The normalized spacial score (nSPS) is 10.9. The summed E-state index contributed by atoms with van der Waals surface area (Å²) < 4.78 is 0. The first-order chi connectivity index (χ1) is 10.0. The van der Waals surface area contributed by atoms with Gasteiger partial charge in [-0.25, -0.2) is 0 Å². The molecule has 0 bridgehead atoms. The second kappa shape index (κ2) is 7.65. The lowest BCUT2D eigenvalue weighted by Crippen LogP contribution is -2.37. The molecule has 0 saturated heterocycles. The summed E-state index contributed by atoms with van der Waals surface area (Å²) in [6.07, 6.45) is 9.78. The average molecular weight is 283 g/mol. The summed E-state index contributed by atoms with van der Waals surface area (Å²) in [7, 11) is 0. The number of hydrogen-bond donors (Lipinski definition) is 2. The molecule has 1 rings (SSSR count). The van der Waals surface area contributed by atoms with Crippen molar-refractivity contribution in [1.82, 2.24) is 0 Å². The maximum absolute atomic E-state index is 10.1. The molecule has 0 aromatic heterocycles. The van der Waals surface area contributed by atoms with Crippen molar-refractivity contribution in [3.63, 3.8) is 0 Å². The van der Waals surface area contributed by atoms with Gasteiger partial charge in [0, 0.05) is 11.1 Å². The molecule has 0 unspecified atom stereocenters. The summed E-state index contributed by atoms with van der Waals surface area (Å²) in [5, 5.41) is 10.1. The molecular weight excluding hydrogens is 258 g/mol. The molecule has 1 aromatic rings. The number of phenols is 1. The Balaban J connectivity index is 3.54. The van der Waals surface area contributed by atoms with Gasteiger partial charge in [0.15, 0.2) is 0 Å². The molecule has 2 heteroatoms. The fourth-order valence-electron chi connectivity index (χ4n) is 2.72. The third-order valence-corrected chi connectivity index (χ3v) is 3.66. The van der Waals surface area contributed by atoms with E-state index < -0.39 is 5.54 Å². The van der Waals surface area contributed by atoms with Crippen LogP contribution in [0.4, 0.5) is 0 Å². The van der Waals surface area contributed by atoms with E-state index >= 15 is 0 Å². The monoisotopic (exact) mass is 283 g/mol. The van der Waals surface area contributed by atoms with E-state index in [0.29, 0.717) is 25.7 Å². The van der Waals surface area contributed by atoms with Crippen molar-refractivity contribution >= 4 is 0 Å². The van der Waals surface area contributed by atoms with Gasteiger partial charge in [-0.3, -0.25) is 0 Å². The lowest BCUT2D eigenvalue weighted by atomic mass is 9.79. The van der Waals surface area contributed by atoms with Crippen molar-refractivity contribution in [2.45, 2.75) is 31.2 Å². The van der Waals surface area contributed by atoms with Gasteiger partial charge < -0.3 is 10.8 Å². The number of hydrogen-bond acceptors (Lipinski definition) is 2. The predicted octanol–water partition coefficient (Wildman–Crippen LogP) is 4.16. The van der Waals surface area contributed by atoms with Gasteiger partial charge in [0.1, 0.15) is 5.75 Å². The Morgan fingerprint density at radius 1 is 0.905 bits per heavy atom. The predicted molar refractivity (Wildman–Crippen MR) is 91.4 cm³/mol. The number of nitrogens with two attached hydrogens (primary N) is 1. The Hall–Kier alpha value is -2.06. The molecule has 0 aliphatic heterocycles. The van der Waals surface area contributed by atoms with Crippen molar-refractivity contribution in [3.05, 3.63) is 79.4 Å². The van der Waals surface area contributed by atoms with E-state index in [0.717, 1.165) is 16.7 Å². The lowest BCUT2D eigenvalue weighted by molar-refractivity contribution is 0.444. The number of aromatic hydroxyl groups is 1. The van der Waals surface area contributed by atoms with Crippen LogP contribution in [0.2, 0.25) is 0 Å². The van der Waals surface area contributed by atoms with Gasteiger partial charge in [0.05, 0.1) is 0 Å². The molecule has 0 aliphatic rings. The van der Waals surface area contributed by atoms with Gasteiger partial charge in [-0.1, -0.05) is 30.4 Å². The van der Waals surface area contributed by atoms with Gasteiger partial charge in [-0.15, -0.1) is 26.3 Å². The molecule has 2 nitrogen and oxygen atoms in total. The van der Waals surface area contributed by atoms with Crippen LogP contribution in [0.3, 0.4) is 0 Å². The summed E-state index contributed by atoms with van der Waals surface area (Å²) in [6.45, 7) is 15.2. The molecule has 1 aromatic carbocycles. The van der Waals surface area contributed by atoms with Gasteiger partial charge in [0.2, 0.25) is 0 Å². The van der Waals surface area contributed by atoms with Crippen LogP contribution < -0.4 is 5.73 Å². The molecule has 0 saturated carbocycles. The zero-order valence-corrected chi connectivity index (χ0v) is 12.6. The maximum Gasteiger partial charge on any atom is 0.119 e. The summed E-state index contributed by atoms with van der Waals surface area (Å²) >= 11 is 0. The van der Waals surface area contributed by atoms with Crippen LogP contribution in [-0.4, -0.2) is 5.11 Å². The van der Waals surface area contributed by atoms with Crippen LogP contribution >= 0.6 is 0 Å². The van der Waals surface area contributed by atoms with Crippen LogP contribution in [0, 0.1) is 0 Å². The number of phenolic OH excluding ortho intramolecular Hbond substituents is 1.